The van der Waals surface area contributed by atoms with Crippen molar-refractivity contribution in [1.82, 2.24) is 0 Å². The van der Waals surface area contributed by atoms with E-state index in [1.807, 2.05) is 0 Å². The molecule has 0 radical (unpaired) electrons. The molecule has 0 aliphatic rings. The Morgan fingerprint density at radius 1 is 0.833 bits per heavy atom. The Hall–Kier alpha value is 1.83. The standard InChI is InChI=1S/C6H14O6.2Na.H2O3S/c7-1-3(9)5(11)6(12)4(10)2-8;;;1-4(2)3/h3-12H,1-2H2;;;(H2,1,2,3)/q;2*+1;/p-2. The van der Waals surface area contributed by atoms with Gasteiger partial charge >= 0.3 is 59.1 Å². The summed E-state index contributed by atoms with van der Waals surface area (Å²) in [6.45, 7) is -1.45. The second-order valence-corrected chi connectivity index (χ2v) is 3.09. The first-order valence-electron chi connectivity index (χ1n) is 3.98. The van der Waals surface area contributed by atoms with Crippen LogP contribution in [-0.4, -0.2) is 81.6 Å². The smallest absolute Gasteiger partial charge is 0.784 e. The third-order valence-corrected chi connectivity index (χ3v) is 1.51. The van der Waals surface area contributed by atoms with Crippen LogP contribution >= 0.6 is 0 Å². The van der Waals surface area contributed by atoms with Gasteiger partial charge in [0.15, 0.2) is 0 Å². The molecule has 0 spiro atoms. The Kier molecular flexibility index (Phi) is 26.3. The van der Waals surface area contributed by atoms with E-state index in [-0.39, 0.29) is 59.1 Å². The maximum Gasteiger partial charge on any atom is 1.00 e. The van der Waals surface area contributed by atoms with Gasteiger partial charge in [-0.25, -0.2) is 0 Å². The number of rotatable bonds is 5. The minimum atomic E-state index is -3.11. The normalized spacial score (nSPS) is 16.3. The summed E-state index contributed by atoms with van der Waals surface area (Å²) >= 11 is -3.11. The molecule has 0 aromatic carbocycles. The third kappa shape index (κ3) is 15.9. The molecule has 6 N–H and O–H groups in total. The fourth-order valence-electron chi connectivity index (χ4n) is 0.671. The van der Waals surface area contributed by atoms with E-state index in [1.54, 1.807) is 0 Å². The van der Waals surface area contributed by atoms with E-state index >= 15 is 0 Å². The fourth-order valence-corrected chi connectivity index (χ4v) is 0.671. The van der Waals surface area contributed by atoms with Gasteiger partial charge in [-0.3, -0.25) is 4.21 Å². The summed E-state index contributed by atoms with van der Waals surface area (Å²) in [5.74, 6) is 0. The largest absolute Gasteiger partial charge is 1.00 e. The summed E-state index contributed by atoms with van der Waals surface area (Å²) in [5, 5.41) is 52.2. The van der Waals surface area contributed by atoms with Gasteiger partial charge < -0.3 is 39.7 Å². The van der Waals surface area contributed by atoms with Crippen LogP contribution in [0.1, 0.15) is 0 Å². The summed E-state index contributed by atoms with van der Waals surface area (Å²) in [6.07, 6.45) is -6.39. The molecule has 0 bridgehead atoms. The first-order chi connectivity index (χ1) is 7.27. The summed E-state index contributed by atoms with van der Waals surface area (Å²) < 4.78 is 25.3. The summed E-state index contributed by atoms with van der Waals surface area (Å²) in [6, 6.07) is 0. The Morgan fingerprint density at radius 2 is 1.00 bits per heavy atom. The minimum Gasteiger partial charge on any atom is -0.784 e. The fraction of sp³-hybridized carbons (Fsp3) is 1.00. The van der Waals surface area contributed by atoms with Gasteiger partial charge in [0.25, 0.3) is 0 Å². The molecule has 9 nitrogen and oxygen atoms in total. The van der Waals surface area contributed by atoms with Gasteiger partial charge in [0.2, 0.25) is 0 Å². The topological polar surface area (TPSA) is 185 Å². The molecule has 12 heteroatoms. The average molecular weight is 308 g/mol. The molecule has 0 heterocycles. The van der Waals surface area contributed by atoms with Crippen molar-refractivity contribution in [1.29, 1.82) is 0 Å². The predicted molar refractivity (Wildman–Crippen MR) is 47.9 cm³/mol. The Labute approximate surface area is 151 Å². The number of aliphatic hydroxyl groups is 6. The molecule has 18 heavy (non-hydrogen) atoms. The van der Waals surface area contributed by atoms with Crippen LogP contribution < -0.4 is 59.1 Å². The van der Waals surface area contributed by atoms with Crippen molar-refractivity contribution < 1.29 is 103 Å². The van der Waals surface area contributed by atoms with Crippen LogP contribution in [0.5, 0.6) is 0 Å². The molecule has 4 unspecified atom stereocenters. The van der Waals surface area contributed by atoms with Crippen molar-refractivity contribution in [2.24, 2.45) is 0 Å². The zero-order valence-electron chi connectivity index (χ0n) is 10.0. The van der Waals surface area contributed by atoms with Crippen LogP contribution in [-0.2, 0) is 11.4 Å². The SMILES string of the molecule is O=S([O-])[O-].OCC(O)C(O)C(O)C(O)CO.[Na+].[Na+]. The van der Waals surface area contributed by atoms with E-state index in [0.29, 0.717) is 0 Å². The summed E-state index contributed by atoms with van der Waals surface area (Å²) in [5.41, 5.74) is 0. The van der Waals surface area contributed by atoms with E-state index in [4.69, 9.17) is 44.0 Å². The van der Waals surface area contributed by atoms with Crippen LogP contribution in [0, 0.1) is 0 Å². The van der Waals surface area contributed by atoms with Crippen molar-refractivity contribution in [3.63, 3.8) is 0 Å². The number of aliphatic hydroxyl groups excluding tert-OH is 6. The van der Waals surface area contributed by atoms with Gasteiger partial charge in [-0.2, -0.15) is 0 Å². The molecule has 0 fully saturated rings. The minimum absolute atomic E-state index is 0. The molecule has 0 rings (SSSR count). The van der Waals surface area contributed by atoms with E-state index in [2.05, 4.69) is 0 Å². The number of hydrogen-bond acceptors (Lipinski definition) is 9. The molecule has 0 saturated carbocycles. The summed E-state index contributed by atoms with van der Waals surface area (Å²) in [7, 11) is 0. The molecule has 0 aliphatic heterocycles. The molecule has 0 saturated heterocycles. The van der Waals surface area contributed by atoms with Crippen molar-refractivity contribution in [2.75, 3.05) is 13.2 Å². The summed E-state index contributed by atoms with van der Waals surface area (Å²) in [4.78, 5) is 0. The molecule has 0 aromatic rings. The van der Waals surface area contributed by atoms with Gasteiger partial charge in [-0.05, 0) is 0 Å². The third-order valence-electron chi connectivity index (χ3n) is 1.51. The molecular weight excluding hydrogens is 294 g/mol. The van der Waals surface area contributed by atoms with Crippen molar-refractivity contribution in [3.05, 3.63) is 0 Å². The van der Waals surface area contributed by atoms with Gasteiger partial charge in [-0.1, -0.05) is 0 Å². The molecule has 4 atom stereocenters. The predicted octanol–water partition coefficient (Wildman–Crippen LogP) is -10.6. The van der Waals surface area contributed by atoms with Crippen LogP contribution in [0.2, 0.25) is 0 Å². The monoisotopic (exact) mass is 308 g/mol. The van der Waals surface area contributed by atoms with Crippen LogP contribution in [0.15, 0.2) is 0 Å². The van der Waals surface area contributed by atoms with Gasteiger partial charge in [0.05, 0.1) is 13.2 Å². The van der Waals surface area contributed by atoms with Crippen LogP contribution in [0.3, 0.4) is 0 Å². The zero-order chi connectivity index (χ0) is 13.3. The first kappa shape index (κ1) is 28.1. The van der Waals surface area contributed by atoms with Crippen LogP contribution in [0.25, 0.3) is 0 Å². The molecule has 0 amide bonds. The Bertz CT molecular complexity index is 180. The first-order valence-corrected chi connectivity index (χ1v) is 4.98. The molecule has 100 valence electrons. The van der Waals surface area contributed by atoms with Gasteiger partial charge in [-0.15, -0.1) is 11.4 Å². The Balaban J connectivity index is -0.000000143. The maximum atomic E-state index is 8.96. The quantitative estimate of drug-likeness (QED) is 0.212. The maximum absolute atomic E-state index is 8.96. The number of hydrogen-bond donors (Lipinski definition) is 6. The second kappa shape index (κ2) is 16.9. The van der Waals surface area contributed by atoms with Crippen LogP contribution in [0.4, 0.5) is 0 Å². The molecule has 0 aliphatic carbocycles. The molecule has 0 aromatic heterocycles. The van der Waals surface area contributed by atoms with Crippen molar-refractivity contribution >= 4 is 11.4 Å². The second-order valence-electron chi connectivity index (χ2n) is 2.69. The van der Waals surface area contributed by atoms with E-state index < -0.39 is 49.0 Å². The van der Waals surface area contributed by atoms with E-state index in [0.717, 1.165) is 0 Å². The Morgan fingerprint density at radius 3 is 1.11 bits per heavy atom. The van der Waals surface area contributed by atoms with E-state index in [9.17, 15) is 0 Å². The zero-order valence-corrected chi connectivity index (χ0v) is 14.9. The average Bonchev–Trinajstić information content (AvgIpc) is 2.24. The molecular formula is C6H14Na2O9S. The van der Waals surface area contributed by atoms with E-state index in [1.165, 1.54) is 0 Å². The van der Waals surface area contributed by atoms with Crippen molar-refractivity contribution in [3.8, 4) is 0 Å². The van der Waals surface area contributed by atoms with Gasteiger partial charge in [0.1, 0.15) is 24.4 Å². The van der Waals surface area contributed by atoms with Crippen molar-refractivity contribution in [2.45, 2.75) is 24.4 Å². The van der Waals surface area contributed by atoms with Gasteiger partial charge in [0, 0.05) is 0 Å².